The second-order valence-corrected chi connectivity index (χ2v) is 4.70. The van der Waals surface area contributed by atoms with Crippen molar-refractivity contribution < 1.29 is 22.3 Å². The van der Waals surface area contributed by atoms with E-state index in [0.29, 0.717) is 5.56 Å². The van der Waals surface area contributed by atoms with E-state index < -0.39 is 17.6 Å². The van der Waals surface area contributed by atoms with Crippen LogP contribution in [0, 0.1) is 5.82 Å². The van der Waals surface area contributed by atoms with Crippen molar-refractivity contribution in [1.82, 2.24) is 0 Å². The highest BCUT2D eigenvalue weighted by Gasteiger charge is 2.34. The molecule has 2 aromatic rings. The van der Waals surface area contributed by atoms with Gasteiger partial charge in [-0.15, -0.1) is 0 Å². The average molecular weight is 320 g/mol. The van der Waals surface area contributed by atoms with E-state index in [-0.39, 0.29) is 23.1 Å². The highest BCUT2D eigenvalue weighted by atomic mass is 35.5. The van der Waals surface area contributed by atoms with Gasteiger partial charge in [0, 0.05) is 5.69 Å². The Labute approximate surface area is 123 Å². The Kier molecular flexibility index (Phi) is 4.27. The summed E-state index contributed by atoms with van der Waals surface area (Å²) in [5.41, 5.74) is 4.83. The van der Waals surface area contributed by atoms with Crippen molar-refractivity contribution in [3.63, 3.8) is 0 Å². The molecule has 0 radical (unpaired) electrons. The number of nitrogens with two attached hydrogens (primary N) is 1. The van der Waals surface area contributed by atoms with Crippen molar-refractivity contribution in [2.75, 3.05) is 5.73 Å². The van der Waals surface area contributed by atoms with E-state index in [9.17, 15) is 17.6 Å². The molecule has 0 saturated carbocycles. The number of benzene rings is 2. The Morgan fingerprint density at radius 2 is 1.81 bits per heavy atom. The van der Waals surface area contributed by atoms with E-state index >= 15 is 0 Å². The second-order valence-electron chi connectivity index (χ2n) is 4.29. The van der Waals surface area contributed by atoms with E-state index in [1.807, 2.05) is 0 Å². The molecule has 2 N–H and O–H groups in total. The fourth-order valence-corrected chi connectivity index (χ4v) is 1.89. The smallest absolute Gasteiger partial charge is 0.420 e. The van der Waals surface area contributed by atoms with Gasteiger partial charge in [-0.05, 0) is 35.9 Å². The first-order valence-electron chi connectivity index (χ1n) is 5.81. The lowest BCUT2D eigenvalue weighted by atomic mass is 10.1. The molecule has 112 valence electrons. The number of anilines is 1. The molecule has 21 heavy (non-hydrogen) atoms. The van der Waals surface area contributed by atoms with Gasteiger partial charge in [0.2, 0.25) is 0 Å². The van der Waals surface area contributed by atoms with Crippen LogP contribution in [0.4, 0.5) is 23.2 Å². The predicted molar refractivity (Wildman–Crippen MR) is 71.6 cm³/mol. The molecule has 0 unspecified atom stereocenters. The Bertz CT molecular complexity index is 658. The van der Waals surface area contributed by atoms with Crippen molar-refractivity contribution in [1.29, 1.82) is 0 Å². The SMILES string of the molecule is Nc1ccc(OCc2ccc(F)c(Cl)c2)c(C(F)(F)F)c1. The van der Waals surface area contributed by atoms with Gasteiger partial charge in [0.1, 0.15) is 18.2 Å². The molecule has 0 spiro atoms. The fourth-order valence-electron chi connectivity index (χ4n) is 1.69. The molecule has 2 nitrogen and oxygen atoms in total. The van der Waals surface area contributed by atoms with Gasteiger partial charge in [-0.25, -0.2) is 4.39 Å². The van der Waals surface area contributed by atoms with Gasteiger partial charge in [0.05, 0.1) is 10.6 Å². The highest BCUT2D eigenvalue weighted by molar-refractivity contribution is 6.30. The van der Waals surface area contributed by atoms with E-state index in [4.69, 9.17) is 22.1 Å². The third-order valence-corrected chi connectivity index (χ3v) is 2.98. The summed E-state index contributed by atoms with van der Waals surface area (Å²) in [6, 6.07) is 7.04. The molecule has 0 aromatic heterocycles. The second kappa shape index (κ2) is 5.81. The molecule has 0 amide bonds. The molecule has 0 saturated heterocycles. The van der Waals surface area contributed by atoms with Crippen molar-refractivity contribution in [3.05, 3.63) is 58.4 Å². The van der Waals surface area contributed by atoms with Crippen molar-refractivity contribution >= 4 is 17.3 Å². The van der Waals surface area contributed by atoms with Crippen LogP contribution in [0.2, 0.25) is 5.02 Å². The molecule has 0 fully saturated rings. The highest BCUT2D eigenvalue weighted by Crippen LogP contribution is 2.37. The molecule has 0 heterocycles. The minimum absolute atomic E-state index is 0.0144. The number of ether oxygens (including phenoxy) is 1. The fraction of sp³-hybridized carbons (Fsp3) is 0.143. The van der Waals surface area contributed by atoms with Crippen LogP contribution in [0.3, 0.4) is 0 Å². The Morgan fingerprint density at radius 1 is 1.10 bits per heavy atom. The third-order valence-electron chi connectivity index (χ3n) is 2.69. The first-order valence-corrected chi connectivity index (χ1v) is 6.18. The van der Waals surface area contributed by atoms with Crippen molar-refractivity contribution in [2.24, 2.45) is 0 Å². The average Bonchev–Trinajstić information content (AvgIpc) is 2.40. The van der Waals surface area contributed by atoms with Crippen molar-refractivity contribution in [3.8, 4) is 5.75 Å². The maximum absolute atomic E-state index is 13.0. The zero-order valence-corrected chi connectivity index (χ0v) is 11.3. The van der Waals surface area contributed by atoms with Crippen LogP contribution in [0.15, 0.2) is 36.4 Å². The maximum Gasteiger partial charge on any atom is 0.420 e. The van der Waals surface area contributed by atoms with Gasteiger partial charge in [-0.3, -0.25) is 0 Å². The van der Waals surface area contributed by atoms with Gasteiger partial charge in [-0.2, -0.15) is 13.2 Å². The monoisotopic (exact) mass is 319 g/mol. The first-order chi connectivity index (χ1) is 9.77. The Hall–Kier alpha value is -1.95. The van der Waals surface area contributed by atoms with Crippen LogP contribution in [0.5, 0.6) is 5.75 Å². The summed E-state index contributed by atoms with van der Waals surface area (Å²) in [6.07, 6.45) is -4.58. The summed E-state index contributed by atoms with van der Waals surface area (Å²) < 4.78 is 56.7. The Balaban J connectivity index is 2.22. The molecule has 0 aliphatic carbocycles. The summed E-state index contributed by atoms with van der Waals surface area (Å²) in [7, 11) is 0. The number of rotatable bonds is 3. The molecule has 7 heteroatoms. The summed E-state index contributed by atoms with van der Waals surface area (Å²) in [5.74, 6) is -0.957. The van der Waals surface area contributed by atoms with Gasteiger partial charge in [0.25, 0.3) is 0 Å². The standard InChI is InChI=1S/C14H10ClF4NO/c15-11-5-8(1-3-12(11)16)7-21-13-4-2-9(20)6-10(13)14(17,18)19/h1-6H,7,20H2. The van der Waals surface area contributed by atoms with Crippen LogP contribution in [0.25, 0.3) is 0 Å². The number of alkyl halides is 3. The summed E-state index contributed by atoms with van der Waals surface area (Å²) >= 11 is 5.59. The normalized spacial score (nSPS) is 11.5. The number of hydrogen-bond acceptors (Lipinski definition) is 2. The van der Waals surface area contributed by atoms with Crippen LogP contribution in [-0.2, 0) is 12.8 Å². The van der Waals surface area contributed by atoms with Crippen LogP contribution in [-0.4, -0.2) is 0 Å². The van der Waals surface area contributed by atoms with E-state index in [1.165, 1.54) is 18.2 Å². The predicted octanol–water partition coefficient (Wildman–Crippen LogP) is 4.66. The van der Waals surface area contributed by atoms with Crippen molar-refractivity contribution in [2.45, 2.75) is 12.8 Å². The number of halogens is 5. The van der Waals surface area contributed by atoms with E-state index in [2.05, 4.69) is 0 Å². The molecule has 0 atom stereocenters. The lowest BCUT2D eigenvalue weighted by molar-refractivity contribution is -0.139. The number of nitrogen functional groups attached to an aromatic ring is 1. The molecular weight excluding hydrogens is 310 g/mol. The maximum atomic E-state index is 13.0. The van der Waals surface area contributed by atoms with Gasteiger partial charge < -0.3 is 10.5 Å². The molecule has 2 rings (SSSR count). The van der Waals surface area contributed by atoms with Gasteiger partial charge in [0.15, 0.2) is 0 Å². The van der Waals surface area contributed by atoms with Crippen LogP contribution in [0.1, 0.15) is 11.1 Å². The largest absolute Gasteiger partial charge is 0.488 e. The minimum atomic E-state index is -4.58. The topological polar surface area (TPSA) is 35.2 Å². The molecule has 0 aliphatic rings. The zero-order valence-electron chi connectivity index (χ0n) is 10.5. The third kappa shape index (κ3) is 3.78. The lowest BCUT2D eigenvalue weighted by Crippen LogP contribution is -2.09. The minimum Gasteiger partial charge on any atom is -0.488 e. The summed E-state index contributed by atoms with van der Waals surface area (Å²) in [5, 5.41) is -0.121. The van der Waals surface area contributed by atoms with Crippen LogP contribution < -0.4 is 10.5 Å². The van der Waals surface area contributed by atoms with Crippen LogP contribution >= 0.6 is 11.6 Å². The zero-order chi connectivity index (χ0) is 15.6. The molecular formula is C14H10ClF4NO. The Morgan fingerprint density at radius 3 is 2.43 bits per heavy atom. The molecule has 2 aromatic carbocycles. The quantitative estimate of drug-likeness (QED) is 0.659. The van der Waals surface area contributed by atoms with Gasteiger partial charge >= 0.3 is 6.18 Å². The first kappa shape index (κ1) is 15.4. The van der Waals surface area contributed by atoms with E-state index in [1.54, 1.807) is 0 Å². The molecule has 0 aliphatic heterocycles. The lowest BCUT2D eigenvalue weighted by Gasteiger charge is -2.14. The summed E-state index contributed by atoms with van der Waals surface area (Å²) in [6.45, 7) is -0.174. The number of hydrogen-bond donors (Lipinski definition) is 1. The van der Waals surface area contributed by atoms with E-state index in [0.717, 1.165) is 18.2 Å². The van der Waals surface area contributed by atoms with Gasteiger partial charge in [-0.1, -0.05) is 17.7 Å². The molecule has 0 bridgehead atoms. The summed E-state index contributed by atoms with van der Waals surface area (Å²) in [4.78, 5) is 0.